The molecule has 1 amide bonds. The zero-order valence-electron chi connectivity index (χ0n) is 19.1. The third kappa shape index (κ3) is 4.17. The van der Waals surface area contributed by atoms with E-state index in [9.17, 15) is 9.90 Å². The van der Waals surface area contributed by atoms with Crippen molar-refractivity contribution in [3.8, 4) is 0 Å². The lowest BCUT2D eigenvalue weighted by molar-refractivity contribution is -0.122. The predicted molar refractivity (Wildman–Crippen MR) is 129 cm³/mol. The van der Waals surface area contributed by atoms with Crippen LogP contribution in [-0.4, -0.2) is 67.8 Å². The first-order chi connectivity index (χ1) is 16.1. The van der Waals surface area contributed by atoms with E-state index in [2.05, 4.69) is 27.8 Å². The molecule has 2 aromatic rings. The SMILES string of the molecule is CCN1CCN(C2=CN3C(=O)/C=C(c4cc(CO)c5nc(C)cn5c4)\C=C\C=C3C=C2)CC1. The first-order valence-corrected chi connectivity index (χ1v) is 11.5. The predicted octanol–water partition coefficient (Wildman–Crippen LogP) is 2.85. The molecule has 0 spiro atoms. The standard InChI is InChI=1S/C26H29N5O2/c1-3-28-9-11-29(12-10-28)24-8-7-23-6-4-5-20(14-25(33)31(23)17-24)21-13-22(18-32)26-27-19(2)15-30(26)16-21/h4-8,13-17,32H,3,9-12,18H2,1-2H3/b5-4+,20-14+,23-6?. The van der Waals surface area contributed by atoms with Crippen LogP contribution in [0.3, 0.4) is 0 Å². The summed E-state index contributed by atoms with van der Waals surface area (Å²) < 4.78 is 1.91. The van der Waals surface area contributed by atoms with Crippen LogP contribution in [0, 0.1) is 6.92 Å². The molecule has 1 fully saturated rings. The number of likely N-dealkylation sites (N-methyl/N-ethyl adjacent to an activating group) is 1. The number of pyridine rings is 1. The molecule has 33 heavy (non-hydrogen) atoms. The van der Waals surface area contributed by atoms with E-state index < -0.39 is 0 Å². The lowest BCUT2D eigenvalue weighted by atomic mass is 10.0. The maximum Gasteiger partial charge on any atom is 0.255 e. The fourth-order valence-electron chi connectivity index (χ4n) is 4.58. The van der Waals surface area contributed by atoms with Crippen molar-refractivity contribution in [2.45, 2.75) is 20.5 Å². The van der Waals surface area contributed by atoms with Gasteiger partial charge in [0.1, 0.15) is 5.65 Å². The largest absolute Gasteiger partial charge is 0.392 e. The van der Waals surface area contributed by atoms with E-state index in [4.69, 9.17) is 0 Å². The fraction of sp³-hybridized carbons (Fsp3) is 0.308. The third-order valence-electron chi connectivity index (χ3n) is 6.46. The number of piperazine rings is 1. The smallest absolute Gasteiger partial charge is 0.255 e. The van der Waals surface area contributed by atoms with Gasteiger partial charge in [-0.2, -0.15) is 0 Å². The van der Waals surface area contributed by atoms with Gasteiger partial charge < -0.3 is 19.3 Å². The molecule has 0 saturated carbocycles. The van der Waals surface area contributed by atoms with E-state index in [1.54, 1.807) is 11.0 Å². The fourth-order valence-corrected chi connectivity index (χ4v) is 4.58. The van der Waals surface area contributed by atoms with Gasteiger partial charge in [-0.15, -0.1) is 0 Å². The van der Waals surface area contributed by atoms with Crippen LogP contribution in [0.1, 0.15) is 23.7 Å². The summed E-state index contributed by atoms with van der Waals surface area (Å²) in [6.45, 7) is 9.07. The maximum absolute atomic E-state index is 13.3. The summed E-state index contributed by atoms with van der Waals surface area (Å²) in [5.41, 5.74) is 5.91. The quantitative estimate of drug-likeness (QED) is 0.787. The van der Waals surface area contributed by atoms with E-state index in [1.165, 1.54) is 0 Å². The van der Waals surface area contributed by atoms with Crippen molar-refractivity contribution >= 4 is 17.1 Å². The summed E-state index contributed by atoms with van der Waals surface area (Å²) in [6, 6.07) is 1.90. The number of nitrogens with zero attached hydrogens (tertiary/aromatic N) is 5. The highest BCUT2D eigenvalue weighted by Crippen LogP contribution is 2.27. The van der Waals surface area contributed by atoms with Crippen molar-refractivity contribution in [2.75, 3.05) is 32.7 Å². The molecule has 3 aliphatic rings. The van der Waals surface area contributed by atoms with E-state index in [-0.39, 0.29) is 12.5 Å². The van der Waals surface area contributed by atoms with Gasteiger partial charge in [0.2, 0.25) is 0 Å². The normalized spacial score (nSPS) is 21.8. The molecule has 3 aliphatic heterocycles. The number of hydrogen-bond donors (Lipinski definition) is 1. The molecule has 2 aromatic heterocycles. The average Bonchev–Trinajstić information content (AvgIpc) is 3.21. The Bertz CT molecular complexity index is 1240. The van der Waals surface area contributed by atoms with Crippen LogP contribution in [0.5, 0.6) is 0 Å². The van der Waals surface area contributed by atoms with Crippen molar-refractivity contribution in [1.82, 2.24) is 24.1 Å². The second-order valence-electron chi connectivity index (χ2n) is 8.59. The average molecular weight is 444 g/mol. The molecule has 5 heterocycles. The van der Waals surface area contributed by atoms with Crippen LogP contribution < -0.4 is 0 Å². The number of aliphatic hydroxyl groups is 1. The van der Waals surface area contributed by atoms with E-state index in [1.807, 2.05) is 60.3 Å². The van der Waals surface area contributed by atoms with Crippen molar-refractivity contribution < 1.29 is 9.90 Å². The Hall–Kier alpha value is -3.42. The Kier molecular flexibility index (Phi) is 5.74. The molecule has 1 N–H and O–H groups in total. The van der Waals surface area contributed by atoms with Crippen molar-refractivity contribution in [2.24, 2.45) is 0 Å². The van der Waals surface area contributed by atoms with Gasteiger partial charge in [-0.25, -0.2) is 4.98 Å². The van der Waals surface area contributed by atoms with Gasteiger partial charge in [0, 0.05) is 62.1 Å². The Labute approximate surface area is 193 Å². The number of allylic oxidation sites excluding steroid dienone is 6. The van der Waals surface area contributed by atoms with Crippen LogP contribution in [0.2, 0.25) is 0 Å². The summed E-state index contributed by atoms with van der Waals surface area (Å²) in [6.07, 6.45) is 17.5. The van der Waals surface area contributed by atoms with Crippen molar-refractivity contribution in [3.05, 3.63) is 89.3 Å². The monoisotopic (exact) mass is 443 g/mol. The van der Waals surface area contributed by atoms with Gasteiger partial charge in [0.05, 0.1) is 18.0 Å². The van der Waals surface area contributed by atoms with Crippen LogP contribution in [0.25, 0.3) is 11.2 Å². The third-order valence-corrected chi connectivity index (χ3v) is 6.46. The second-order valence-corrected chi connectivity index (χ2v) is 8.59. The lowest BCUT2D eigenvalue weighted by Gasteiger charge is -2.37. The van der Waals surface area contributed by atoms with Crippen LogP contribution in [-0.2, 0) is 11.4 Å². The molecule has 0 aromatic carbocycles. The van der Waals surface area contributed by atoms with E-state index in [0.717, 1.165) is 72.2 Å². The molecule has 5 rings (SSSR count). The number of imidazole rings is 1. The Morgan fingerprint density at radius 3 is 2.61 bits per heavy atom. The number of aromatic nitrogens is 2. The molecule has 7 heteroatoms. The number of fused-ring (bicyclic) bond motifs is 2. The maximum atomic E-state index is 13.3. The summed E-state index contributed by atoms with van der Waals surface area (Å²) in [4.78, 5) is 24.3. The van der Waals surface area contributed by atoms with Crippen LogP contribution >= 0.6 is 0 Å². The molecule has 0 radical (unpaired) electrons. The van der Waals surface area contributed by atoms with Gasteiger partial charge in [-0.3, -0.25) is 9.69 Å². The summed E-state index contributed by atoms with van der Waals surface area (Å²) in [7, 11) is 0. The highest BCUT2D eigenvalue weighted by Gasteiger charge is 2.23. The molecule has 7 nitrogen and oxygen atoms in total. The minimum atomic E-state index is -0.114. The molecule has 0 aliphatic carbocycles. The van der Waals surface area contributed by atoms with Gasteiger partial charge in [0.15, 0.2) is 0 Å². The number of hydrogen-bond acceptors (Lipinski definition) is 5. The van der Waals surface area contributed by atoms with Gasteiger partial charge in [-0.05, 0) is 48.9 Å². The molecular formula is C26H29N5O2. The Balaban J connectivity index is 1.46. The van der Waals surface area contributed by atoms with Crippen molar-refractivity contribution in [1.29, 1.82) is 0 Å². The van der Waals surface area contributed by atoms with Gasteiger partial charge in [0.25, 0.3) is 5.91 Å². The highest BCUT2D eigenvalue weighted by atomic mass is 16.3. The number of aryl methyl sites for hydroxylation is 1. The number of rotatable bonds is 4. The van der Waals surface area contributed by atoms with Crippen LogP contribution in [0.4, 0.5) is 0 Å². The molecule has 0 atom stereocenters. The van der Waals surface area contributed by atoms with E-state index in [0.29, 0.717) is 0 Å². The zero-order chi connectivity index (χ0) is 22.9. The summed E-state index contributed by atoms with van der Waals surface area (Å²) in [5.74, 6) is -0.0953. The highest BCUT2D eigenvalue weighted by molar-refractivity contribution is 6.00. The molecule has 0 unspecified atom stereocenters. The van der Waals surface area contributed by atoms with Crippen LogP contribution in [0.15, 0.2) is 72.5 Å². The van der Waals surface area contributed by atoms with Gasteiger partial charge in [-0.1, -0.05) is 19.1 Å². The minimum Gasteiger partial charge on any atom is -0.392 e. The topological polar surface area (TPSA) is 64.3 Å². The molecule has 1 saturated heterocycles. The van der Waals surface area contributed by atoms with Gasteiger partial charge >= 0.3 is 0 Å². The second kappa shape index (κ2) is 8.84. The first kappa shape index (κ1) is 21.4. The molecular weight excluding hydrogens is 414 g/mol. The first-order valence-electron chi connectivity index (χ1n) is 11.5. The Morgan fingerprint density at radius 1 is 1.06 bits per heavy atom. The lowest BCUT2D eigenvalue weighted by Crippen LogP contribution is -2.46. The molecule has 0 bridgehead atoms. The number of aliphatic hydroxyl groups excluding tert-OH is 1. The van der Waals surface area contributed by atoms with Crippen molar-refractivity contribution in [3.63, 3.8) is 0 Å². The summed E-state index contributed by atoms with van der Waals surface area (Å²) in [5, 5.41) is 9.86. The minimum absolute atomic E-state index is 0.0953. The molecule has 170 valence electrons. The van der Waals surface area contributed by atoms with E-state index >= 15 is 0 Å². The summed E-state index contributed by atoms with van der Waals surface area (Å²) >= 11 is 0. The Morgan fingerprint density at radius 2 is 1.85 bits per heavy atom. The number of amides is 1. The number of carbonyl (C=O) groups excluding carboxylic acids is 1. The zero-order valence-corrected chi connectivity index (χ0v) is 19.1. The number of carbonyl (C=O) groups is 1.